The van der Waals surface area contributed by atoms with Crippen LogP contribution in [0.4, 0.5) is 5.69 Å². The Bertz CT molecular complexity index is 909. The second-order valence-electron chi connectivity index (χ2n) is 4.58. The third-order valence-electron chi connectivity index (χ3n) is 3.33. The molecule has 1 aliphatic rings. The van der Waals surface area contributed by atoms with Gasteiger partial charge in [-0.05, 0) is 24.6 Å². The molecule has 0 atom stereocenters. The summed E-state index contributed by atoms with van der Waals surface area (Å²) >= 11 is 0. The summed E-state index contributed by atoms with van der Waals surface area (Å²) in [6, 6.07) is 13.8. The topological polar surface area (TPSA) is 49.7 Å². The molecule has 0 spiro atoms. The van der Waals surface area contributed by atoms with Gasteiger partial charge in [-0.15, -0.1) is 0 Å². The summed E-state index contributed by atoms with van der Waals surface area (Å²) in [6.07, 6.45) is 0. The van der Waals surface area contributed by atoms with E-state index in [0.29, 0.717) is 5.88 Å². The summed E-state index contributed by atoms with van der Waals surface area (Å²) < 4.78 is 0. The van der Waals surface area contributed by atoms with Crippen LogP contribution in [-0.4, -0.2) is 4.98 Å². The Morgan fingerprint density at radius 3 is 2.74 bits per heavy atom. The Morgan fingerprint density at radius 2 is 1.84 bits per heavy atom. The maximum absolute atomic E-state index is 5.49. The van der Waals surface area contributed by atoms with E-state index in [9.17, 15) is 0 Å². The Balaban J connectivity index is 2.14. The van der Waals surface area contributed by atoms with Crippen LogP contribution in [0.25, 0.3) is 10.9 Å². The Kier molecular flexibility index (Phi) is 2.00. The van der Waals surface area contributed by atoms with Gasteiger partial charge < -0.3 is 9.82 Å². The lowest BCUT2D eigenvalue weighted by Crippen LogP contribution is -2.24. The summed E-state index contributed by atoms with van der Waals surface area (Å²) in [4.78, 5) is 13.4. The number of nitrogens with zero attached hydrogens (tertiary/aromatic N) is 2. The smallest absolute Gasteiger partial charge is 0.254 e. The molecule has 2 heterocycles. The van der Waals surface area contributed by atoms with Crippen LogP contribution in [0, 0.1) is 6.92 Å². The van der Waals surface area contributed by atoms with Crippen LogP contribution in [0.2, 0.25) is 0 Å². The van der Waals surface area contributed by atoms with Crippen LogP contribution in [0.3, 0.4) is 0 Å². The van der Waals surface area contributed by atoms with Crippen LogP contribution in [0.1, 0.15) is 5.56 Å². The number of H-pyrrole nitrogens is 1. The fourth-order valence-corrected chi connectivity index (χ4v) is 2.35. The van der Waals surface area contributed by atoms with Gasteiger partial charge in [0.1, 0.15) is 11.0 Å². The minimum Gasteiger partial charge on any atom is -0.336 e. The number of hydrogen-bond donors (Lipinski definition) is 1. The third-order valence-corrected chi connectivity index (χ3v) is 3.33. The standard InChI is InChI=1S/C15H11N3O/c1-9-5-4-6-10-13(9)17-15-14(10)16-11-7-2-3-8-12(11)18-19-15/h2-8,17H,1H3. The molecule has 0 amide bonds. The van der Waals surface area contributed by atoms with E-state index in [0.717, 1.165) is 32.9 Å². The molecule has 4 heteroatoms. The highest BCUT2D eigenvalue weighted by Gasteiger charge is 2.15. The molecule has 2 aromatic carbocycles. The van der Waals surface area contributed by atoms with Gasteiger partial charge in [-0.25, -0.2) is 4.99 Å². The van der Waals surface area contributed by atoms with Crippen molar-refractivity contribution < 1.29 is 4.84 Å². The summed E-state index contributed by atoms with van der Waals surface area (Å²) in [7, 11) is 0. The molecule has 0 fully saturated rings. The number of hydrogen-bond acceptors (Lipinski definition) is 3. The number of nitrogens with one attached hydrogen (secondary N) is 1. The Morgan fingerprint density at radius 1 is 1.00 bits per heavy atom. The molecule has 0 unspecified atom stereocenters. The first-order valence-electron chi connectivity index (χ1n) is 6.13. The maximum atomic E-state index is 5.49. The molecule has 4 nitrogen and oxygen atoms in total. The van der Waals surface area contributed by atoms with Gasteiger partial charge >= 0.3 is 0 Å². The van der Waals surface area contributed by atoms with Crippen molar-refractivity contribution in [2.75, 3.05) is 0 Å². The van der Waals surface area contributed by atoms with Crippen LogP contribution < -0.4 is 15.6 Å². The molecule has 1 N–H and O–H groups in total. The monoisotopic (exact) mass is 249 g/mol. The normalized spacial score (nSPS) is 12.7. The van der Waals surface area contributed by atoms with Crippen molar-refractivity contribution in [1.82, 2.24) is 4.98 Å². The molecule has 0 aliphatic carbocycles. The van der Waals surface area contributed by atoms with Gasteiger partial charge in [0, 0.05) is 5.39 Å². The van der Waals surface area contributed by atoms with E-state index in [1.54, 1.807) is 0 Å². The molecule has 19 heavy (non-hydrogen) atoms. The van der Waals surface area contributed by atoms with E-state index in [1.807, 2.05) is 36.4 Å². The highest BCUT2D eigenvalue weighted by molar-refractivity contribution is 5.96. The molecular weight excluding hydrogens is 238 g/mol. The zero-order valence-corrected chi connectivity index (χ0v) is 10.3. The molecule has 1 aliphatic heterocycles. The van der Waals surface area contributed by atoms with E-state index in [1.165, 1.54) is 0 Å². The van der Waals surface area contributed by atoms with E-state index < -0.39 is 0 Å². The molecule has 1 aromatic heterocycles. The van der Waals surface area contributed by atoms with Crippen LogP contribution in [-0.2, 0) is 0 Å². The van der Waals surface area contributed by atoms with Crippen LogP contribution >= 0.6 is 0 Å². The average molecular weight is 249 g/mol. The van der Waals surface area contributed by atoms with Gasteiger partial charge in [-0.3, -0.25) is 0 Å². The number of rotatable bonds is 0. The molecule has 3 aromatic rings. The number of aromatic amines is 1. The zero-order valence-electron chi connectivity index (χ0n) is 10.3. The van der Waals surface area contributed by atoms with Gasteiger partial charge in [0.05, 0.1) is 10.9 Å². The minimum absolute atomic E-state index is 0.598. The zero-order chi connectivity index (χ0) is 12.8. The van der Waals surface area contributed by atoms with Crippen molar-refractivity contribution in [3.8, 4) is 5.88 Å². The van der Waals surface area contributed by atoms with Gasteiger partial charge in [0.2, 0.25) is 0 Å². The fourth-order valence-electron chi connectivity index (χ4n) is 2.35. The summed E-state index contributed by atoms with van der Waals surface area (Å²) in [6.45, 7) is 2.06. The lowest BCUT2D eigenvalue weighted by molar-refractivity contribution is 0.317. The fraction of sp³-hybridized carbons (Fsp3) is 0.0667. The lowest BCUT2D eigenvalue weighted by Gasteiger charge is -1.94. The number of aromatic nitrogens is 1. The second kappa shape index (κ2) is 3.68. The van der Waals surface area contributed by atoms with E-state index in [-0.39, 0.29) is 0 Å². The van der Waals surface area contributed by atoms with Crippen LogP contribution in [0.5, 0.6) is 5.88 Å². The quantitative estimate of drug-likeness (QED) is 0.653. The molecule has 0 bridgehead atoms. The van der Waals surface area contributed by atoms with Crippen molar-refractivity contribution in [1.29, 1.82) is 0 Å². The number of aryl methyl sites for hydroxylation is 1. The molecule has 4 rings (SSSR count). The maximum Gasteiger partial charge on any atom is 0.254 e. The molecule has 0 radical (unpaired) electrons. The second-order valence-corrected chi connectivity index (χ2v) is 4.58. The van der Waals surface area contributed by atoms with E-state index in [4.69, 9.17) is 4.84 Å². The first-order valence-corrected chi connectivity index (χ1v) is 6.13. The van der Waals surface area contributed by atoms with Gasteiger partial charge in [-0.2, -0.15) is 0 Å². The summed E-state index contributed by atoms with van der Waals surface area (Å²) in [5, 5.41) is 6.75. The molecule has 0 saturated heterocycles. The Hall–Kier alpha value is -2.62. The first kappa shape index (κ1) is 10.3. The van der Waals surface area contributed by atoms with Gasteiger partial charge in [0.15, 0.2) is 0 Å². The highest BCUT2D eigenvalue weighted by Crippen LogP contribution is 2.37. The summed E-state index contributed by atoms with van der Waals surface area (Å²) in [5.74, 6) is 0.598. The lowest BCUT2D eigenvalue weighted by atomic mass is 10.1. The van der Waals surface area contributed by atoms with E-state index >= 15 is 0 Å². The summed E-state index contributed by atoms with van der Waals surface area (Å²) in [5.41, 5.74) is 3.02. The number of benzene rings is 2. The van der Waals surface area contributed by atoms with Crippen molar-refractivity contribution in [2.45, 2.75) is 6.92 Å². The van der Waals surface area contributed by atoms with Crippen molar-refractivity contribution in [3.05, 3.63) is 58.7 Å². The first-order chi connectivity index (χ1) is 9.33. The Labute approximate surface area is 109 Å². The van der Waals surface area contributed by atoms with Crippen molar-refractivity contribution in [3.63, 3.8) is 0 Å². The van der Waals surface area contributed by atoms with E-state index in [2.05, 4.69) is 28.1 Å². The van der Waals surface area contributed by atoms with Gasteiger partial charge in [0.25, 0.3) is 5.88 Å². The largest absolute Gasteiger partial charge is 0.336 e. The number of para-hydroxylation sites is 2. The van der Waals surface area contributed by atoms with Gasteiger partial charge in [-0.1, -0.05) is 35.5 Å². The average Bonchev–Trinajstić information content (AvgIpc) is 2.67. The van der Waals surface area contributed by atoms with Crippen LogP contribution in [0.15, 0.2) is 52.6 Å². The molecular formula is C15H11N3O. The number of fused-ring (bicyclic) bond motifs is 4. The third kappa shape index (κ3) is 1.46. The molecule has 0 saturated carbocycles. The SMILES string of the molecule is Cc1cccc2c3c([nH]c12)ON=c1ccccc1=N3. The molecule has 92 valence electrons. The van der Waals surface area contributed by atoms with Crippen molar-refractivity contribution >= 4 is 16.6 Å². The van der Waals surface area contributed by atoms with Crippen molar-refractivity contribution in [2.24, 2.45) is 10.1 Å². The predicted octanol–water partition coefficient (Wildman–Crippen LogP) is 2.35. The predicted molar refractivity (Wildman–Crippen MR) is 72.1 cm³/mol. The highest BCUT2D eigenvalue weighted by atomic mass is 16.6. The minimum atomic E-state index is 0.598.